The predicted octanol–water partition coefficient (Wildman–Crippen LogP) is 1.26. The molecule has 0 rings (SSSR count). The number of amides is 1. The Bertz CT molecular complexity index is 174. The summed E-state index contributed by atoms with van der Waals surface area (Å²) in [6.07, 6.45) is 3.27. The summed E-state index contributed by atoms with van der Waals surface area (Å²) in [6, 6.07) is 0. The molecule has 0 aliphatic rings. The van der Waals surface area contributed by atoms with E-state index >= 15 is 0 Å². The van der Waals surface area contributed by atoms with Gasteiger partial charge in [0, 0.05) is 26.8 Å². The Kier molecular flexibility index (Phi) is 10.5. The van der Waals surface area contributed by atoms with Crippen molar-refractivity contribution < 1.29 is 9.53 Å². The number of ether oxygens (including phenoxy) is 1. The molecule has 0 aromatic heterocycles. The Labute approximate surface area is 99.3 Å². The first-order chi connectivity index (χ1) is 7.72. The van der Waals surface area contributed by atoms with E-state index in [1.165, 1.54) is 6.42 Å². The van der Waals surface area contributed by atoms with Crippen LogP contribution < -0.4 is 5.32 Å². The highest BCUT2D eigenvalue weighted by Gasteiger charge is 2.04. The van der Waals surface area contributed by atoms with E-state index in [-0.39, 0.29) is 5.91 Å². The third-order valence-corrected chi connectivity index (χ3v) is 2.46. The number of unbranched alkanes of at least 4 members (excludes halogenated alkanes) is 1. The lowest BCUT2D eigenvalue weighted by molar-refractivity contribution is -0.128. The zero-order valence-electron chi connectivity index (χ0n) is 10.9. The quantitative estimate of drug-likeness (QED) is 0.575. The molecule has 1 amide bonds. The Morgan fingerprint density at radius 2 is 1.94 bits per heavy atom. The van der Waals surface area contributed by atoms with Gasteiger partial charge in [-0.15, -0.1) is 0 Å². The smallest absolute Gasteiger partial charge is 0.236 e. The fraction of sp³-hybridized carbons (Fsp3) is 0.917. The molecule has 0 unspecified atom stereocenters. The normalized spacial score (nSPS) is 10.4. The van der Waals surface area contributed by atoms with Gasteiger partial charge in [0.05, 0.1) is 6.54 Å². The second-order valence-corrected chi connectivity index (χ2v) is 3.90. The molecule has 0 saturated heterocycles. The number of hydrogen-bond acceptors (Lipinski definition) is 3. The van der Waals surface area contributed by atoms with Crippen LogP contribution in [0.3, 0.4) is 0 Å². The summed E-state index contributed by atoms with van der Waals surface area (Å²) < 4.78 is 5.41. The van der Waals surface area contributed by atoms with Crippen molar-refractivity contribution in [1.29, 1.82) is 0 Å². The van der Waals surface area contributed by atoms with E-state index < -0.39 is 0 Å². The van der Waals surface area contributed by atoms with Crippen LogP contribution in [0.25, 0.3) is 0 Å². The van der Waals surface area contributed by atoms with E-state index in [4.69, 9.17) is 4.74 Å². The Hall–Kier alpha value is -0.610. The largest absolute Gasteiger partial charge is 0.381 e. The first-order valence-electron chi connectivity index (χ1n) is 6.24. The van der Waals surface area contributed by atoms with Crippen molar-refractivity contribution in [2.45, 2.75) is 33.1 Å². The molecular formula is C12H26N2O2. The van der Waals surface area contributed by atoms with Crippen LogP contribution in [0.5, 0.6) is 0 Å². The number of likely N-dealkylation sites (N-methyl/N-ethyl adjacent to an activating group) is 1. The van der Waals surface area contributed by atoms with Gasteiger partial charge in [0.15, 0.2) is 0 Å². The highest BCUT2D eigenvalue weighted by atomic mass is 16.5. The van der Waals surface area contributed by atoms with Gasteiger partial charge in [-0.2, -0.15) is 0 Å². The van der Waals surface area contributed by atoms with Crippen LogP contribution in [-0.4, -0.2) is 50.7 Å². The highest BCUT2D eigenvalue weighted by Crippen LogP contribution is 1.89. The van der Waals surface area contributed by atoms with Crippen molar-refractivity contribution in [2.75, 3.05) is 39.9 Å². The summed E-state index contributed by atoms with van der Waals surface area (Å²) in [5.74, 6) is 0.148. The Morgan fingerprint density at radius 3 is 2.56 bits per heavy atom. The third kappa shape index (κ3) is 8.68. The maximum absolute atomic E-state index is 11.4. The molecule has 96 valence electrons. The molecule has 0 aliphatic carbocycles. The average molecular weight is 230 g/mol. The maximum atomic E-state index is 11.4. The molecule has 0 aromatic rings. The molecule has 16 heavy (non-hydrogen) atoms. The number of nitrogens with zero attached hydrogens (tertiary/aromatic N) is 1. The molecule has 1 N–H and O–H groups in total. The van der Waals surface area contributed by atoms with E-state index in [2.05, 4.69) is 12.2 Å². The van der Waals surface area contributed by atoms with E-state index in [0.29, 0.717) is 6.54 Å². The summed E-state index contributed by atoms with van der Waals surface area (Å²) in [4.78, 5) is 13.1. The van der Waals surface area contributed by atoms with Gasteiger partial charge in [-0.25, -0.2) is 0 Å². The van der Waals surface area contributed by atoms with E-state index in [9.17, 15) is 4.79 Å². The second-order valence-electron chi connectivity index (χ2n) is 3.90. The van der Waals surface area contributed by atoms with Crippen LogP contribution in [0.15, 0.2) is 0 Å². The second kappa shape index (κ2) is 10.9. The standard InChI is InChI=1S/C12H26N2O2/c1-4-6-9-16-10-7-8-13-11-12(15)14(3)5-2/h13H,4-11H2,1-3H3. The predicted molar refractivity (Wildman–Crippen MR) is 66.5 cm³/mol. The highest BCUT2D eigenvalue weighted by molar-refractivity contribution is 5.77. The lowest BCUT2D eigenvalue weighted by atomic mass is 10.3. The first kappa shape index (κ1) is 15.4. The lowest BCUT2D eigenvalue weighted by Gasteiger charge is -2.14. The molecular weight excluding hydrogens is 204 g/mol. The van der Waals surface area contributed by atoms with Gasteiger partial charge in [-0.3, -0.25) is 4.79 Å². The van der Waals surface area contributed by atoms with Crippen LogP contribution in [-0.2, 0) is 9.53 Å². The summed E-state index contributed by atoms with van der Waals surface area (Å²) in [7, 11) is 1.82. The number of rotatable bonds is 10. The van der Waals surface area contributed by atoms with Crippen molar-refractivity contribution >= 4 is 5.91 Å². The van der Waals surface area contributed by atoms with Crippen molar-refractivity contribution in [2.24, 2.45) is 0 Å². The van der Waals surface area contributed by atoms with Crippen molar-refractivity contribution in [3.05, 3.63) is 0 Å². The van der Waals surface area contributed by atoms with Gasteiger partial charge in [0.1, 0.15) is 0 Å². The first-order valence-corrected chi connectivity index (χ1v) is 6.24. The Balaban J connectivity index is 3.18. The fourth-order valence-electron chi connectivity index (χ4n) is 1.15. The minimum Gasteiger partial charge on any atom is -0.381 e. The van der Waals surface area contributed by atoms with Gasteiger partial charge >= 0.3 is 0 Å². The van der Waals surface area contributed by atoms with Gasteiger partial charge < -0.3 is 15.0 Å². The van der Waals surface area contributed by atoms with Crippen molar-refractivity contribution in [3.8, 4) is 0 Å². The van der Waals surface area contributed by atoms with Crippen molar-refractivity contribution in [3.63, 3.8) is 0 Å². The van der Waals surface area contributed by atoms with Crippen LogP contribution in [0.1, 0.15) is 33.1 Å². The molecule has 0 atom stereocenters. The minimum absolute atomic E-state index is 0.148. The van der Waals surface area contributed by atoms with Crippen LogP contribution in [0.4, 0.5) is 0 Å². The molecule has 0 saturated carbocycles. The van der Waals surface area contributed by atoms with Crippen LogP contribution in [0, 0.1) is 0 Å². The topological polar surface area (TPSA) is 41.6 Å². The molecule has 0 fully saturated rings. The van der Waals surface area contributed by atoms with Gasteiger partial charge in [0.2, 0.25) is 5.91 Å². The van der Waals surface area contributed by atoms with Gasteiger partial charge in [-0.1, -0.05) is 13.3 Å². The lowest BCUT2D eigenvalue weighted by Crippen LogP contribution is -2.35. The SMILES string of the molecule is CCCCOCCCNCC(=O)N(C)CC. The molecule has 4 nitrogen and oxygen atoms in total. The Morgan fingerprint density at radius 1 is 1.25 bits per heavy atom. The molecule has 0 aromatic carbocycles. The van der Waals surface area contributed by atoms with Crippen molar-refractivity contribution in [1.82, 2.24) is 10.2 Å². The van der Waals surface area contributed by atoms with E-state index in [0.717, 1.165) is 39.1 Å². The molecule has 4 heteroatoms. The van der Waals surface area contributed by atoms with Gasteiger partial charge in [-0.05, 0) is 26.3 Å². The monoisotopic (exact) mass is 230 g/mol. The number of hydrogen-bond donors (Lipinski definition) is 1. The third-order valence-electron chi connectivity index (χ3n) is 2.46. The zero-order chi connectivity index (χ0) is 12.2. The summed E-state index contributed by atoms with van der Waals surface area (Å²) >= 11 is 0. The van der Waals surface area contributed by atoms with Crippen LogP contribution >= 0.6 is 0 Å². The van der Waals surface area contributed by atoms with E-state index in [1.807, 2.05) is 14.0 Å². The summed E-state index contributed by atoms with van der Waals surface area (Å²) in [5.41, 5.74) is 0. The minimum atomic E-state index is 0.148. The average Bonchev–Trinajstić information content (AvgIpc) is 2.31. The summed E-state index contributed by atoms with van der Waals surface area (Å²) in [6.45, 7) is 7.80. The zero-order valence-corrected chi connectivity index (χ0v) is 10.9. The fourth-order valence-corrected chi connectivity index (χ4v) is 1.15. The number of carbonyl (C=O) groups is 1. The maximum Gasteiger partial charge on any atom is 0.236 e. The molecule has 0 spiro atoms. The number of carbonyl (C=O) groups excluding carboxylic acids is 1. The van der Waals surface area contributed by atoms with Crippen LogP contribution in [0.2, 0.25) is 0 Å². The number of nitrogens with one attached hydrogen (secondary N) is 1. The summed E-state index contributed by atoms with van der Waals surface area (Å²) in [5, 5.41) is 3.12. The van der Waals surface area contributed by atoms with E-state index in [1.54, 1.807) is 4.90 Å². The molecule has 0 radical (unpaired) electrons. The molecule has 0 bridgehead atoms. The molecule has 0 aliphatic heterocycles. The molecule has 0 heterocycles. The van der Waals surface area contributed by atoms with Gasteiger partial charge in [0.25, 0.3) is 0 Å².